The molecule has 0 bridgehead atoms. The van der Waals surface area contributed by atoms with E-state index in [0.29, 0.717) is 16.0 Å². The fourth-order valence-corrected chi connectivity index (χ4v) is 2.42. The van der Waals surface area contributed by atoms with Gasteiger partial charge < -0.3 is 5.11 Å². The van der Waals surface area contributed by atoms with Crippen molar-refractivity contribution in [2.75, 3.05) is 0 Å². The Hall–Kier alpha value is -2.85. The minimum absolute atomic E-state index is 0.0615. The second-order valence-electron chi connectivity index (χ2n) is 4.90. The van der Waals surface area contributed by atoms with Crippen molar-refractivity contribution in [1.82, 2.24) is 5.43 Å². The molecule has 0 fully saturated rings. The summed E-state index contributed by atoms with van der Waals surface area (Å²) in [5, 5.41) is 16.1. The molecule has 3 aromatic rings. The van der Waals surface area contributed by atoms with Gasteiger partial charge in [-0.3, -0.25) is 4.79 Å². The van der Waals surface area contributed by atoms with E-state index in [1.165, 1.54) is 6.21 Å². The Morgan fingerprint density at radius 3 is 2.61 bits per heavy atom. The van der Waals surface area contributed by atoms with E-state index in [1.807, 2.05) is 24.3 Å². The first-order valence-electron chi connectivity index (χ1n) is 6.95. The fraction of sp³-hybridized carbons (Fsp3) is 0. The summed E-state index contributed by atoms with van der Waals surface area (Å²) in [5.41, 5.74) is 3.25. The van der Waals surface area contributed by atoms with Crippen LogP contribution < -0.4 is 5.43 Å². The van der Waals surface area contributed by atoms with Crippen molar-refractivity contribution in [3.63, 3.8) is 0 Å². The van der Waals surface area contributed by atoms with Crippen LogP contribution in [0.1, 0.15) is 15.9 Å². The number of hydrogen-bond donors (Lipinski definition) is 2. The van der Waals surface area contributed by atoms with Crippen LogP contribution in [0.25, 0.3) is 10.8 Å². The molecule has 0 atom stereocenters. The van der Waals surface area contributed by atoms with Crippen LogP contribution in [0.2, 0.25) is 5.02 Å². The van der Waals surface area contributed by atoms with Gasteiger partial charge in [-0.1, -0.05) is 60.1 Å². The first kappa shape index (κ1) is 15.1. The van der Waals surface area contributed by atoms with Gasteiger partial charge in [-0.25, -0.2) is 5.43 Å². The molecular weight excluding hydrogens is 312 g/mol. The average molecular weight is 325 g/mol. The highest BCUT2D eigenvalue weighted by molar-refractivity contribution is 6.33. The zero-order valence-corrected chi connectivity index (χ0v) is 12.8. The summed E-state index contributed by atoms with van der Waals surface area (Å²) >= 11 is 6.00. The zero-order valence-electron chi connectivity index (χ0n) is 12.0. The molecule has 4 nitrogen and oxygen atoms in total. The van der Waals surface area contributed by atoms with Crippen molar-refractivity contribution in [2.45, 2.75) is 0 Å². The van der Waals surface area contributed by atoms with E-state index in [9.17, 15) is 9.90 Å². The first-order valence-corrected chi connectivity index (χ1v) is 7.33. The number of phenolic OH excluding ortho intramolecular Hbond substituents is 1. The van der Waals surface area contributed by atoms with E-state index >= 15 is 0 Å². The molecule has 1 amide bonds. The van der Waals surface area contributed by atoms with Crippen molar-refractivity contribution in [3.8, 4) is 5.75 Å². The summed E-state index contributed by atoms with van der Waals surface area (Å²) in [6, 6.07) is 17.8. The molecule has 0 aromatic heterocycles. The third-order valence-electron chi connectivity index (χ3n) is 3.42. The first-order chi connectivity index (χ1) is 11.2. The lowest BCUT2D eigenvalue weighted by molar-refractivity contribution is 0.0952. The van der Waals surface area contributed by atoms with E-state index in [1.54, 1.807) is 36.4 Å². The van der Waals surface area contributed by atoms with Gasteiger partial charge in [-0.05, 0) is 17.5 Å². The number of rotatable bonds is 3. The third kappa shape index (κ3) is 3.17. The van der Waals surface area contributed by atoms with E-state index in [-0.39, 0.29) is 11.3 Å². The maximum Gasteiger partial charge on any atom is 0.275 e. The molecule has 0 aliphatic rings. The van der Waals surface area contributed by atoms with Crippen LogP contribution in [0.15, 0.2) is 65.8 Å². The predicted molar refractivity (Wildman–Crippen MR) is 92.1 cm³/mol. The molecule has 3 rings (SSSR count). The number of fused-ring (bicyclic) bond motifs is 1. The second kappa shape index (κ2) is 6.50. The molecule has 0 saturated carbocycles. The molecule has 0 aliphatic heterocycles. The SMILES string of the molecule is O=C(NN=Cc1ccccc1Cl)c1ccc2ccccc2c1O. The van der Waals surface area contributed by atoms with Gasteiger partial charge >= 0.3 is 0 Å². The fourth-order valence-electron chi connectivity index (χ4n) is 2.24. The Morgan fingerprint density at radius 1 is 1.04 bits per heavy atom. The average Bonchev–Trinajstić information content (AvgIpc) is 2.57. The van der Waals surface area contributed by atoms with E-state index < -0.39 is 5.91 Å². The van der Waals surface area contributed by atoms with E-state index in [0.717, 1.165) is 5.39 Å². The number of carbonyl (C=O) groups is 1. The highest BCUT2D eigenvalue weighted by Crippen LogP contribution is 2.28. The van der Waals surface area contributed by atoms with Crippen LogP contribution in [0, 0.1) is 0 Å². The Morgan fingerprint density at radius 2 is 1.78 bits per heavy atom. The largest absolute Gasteiger partial charge is 0.506 e. The Kier molecular flexibility index (Phi) is 4.26. The van der Waals surface area contributed by atoms with E-state index in [4.69, 9.17) is 11.6 Å². The van der Waals surface area contributed by atoms with Crippen LogP contribution in [0.3, 0.4) is 0 Å². The smallest absolute Gasteiger partial charge is 0.275 e. The van der Waals surface area contributed by atoms with Gasteiger partial charge in [-0.2, -0.15) is 5.10 Å². The summed E-state index contributed by atoms with van der Waals surface area (Å²) in [6.07, 6.45) is 1.46. The number of aromatic hydroxyl groups is 1. The van der Waals surface area contributed by atoms with Gasteiger partial charge in [0, 0.05) is 16.0 Å². The summed E-state index contributed by atoms with van der Waals surface area (Å²) in [5.74, 6) is -0.551. The monoisotopic (exact) mass is 324 g/mol. The van der Waals surface area contributed by atoms with Crippen LogP contribution >= 0.6 is 11.6 Å². The highest BCUT2D eigenvalue weighted by atomic mass is 35.5. The summed E-state index contributed by atoms with van der Waals surface area (Å²) in [6.45, 7) is 0. The Balaban J connectivity index is 1.81. The molecule has 3 aromatic carbocycles. The molecule has 23 heavy (non-hydrogen) atoms. The lowest BCUT2D eigenvalue weighted by atomic mass is 10.1. The maximum atomic E-state index is 12.2. The zero-order chi connectivity index (χ0) is 16.2. The van der Waals surface area contributed by atoms with Crippen molar-refractivity contribution < 1.29 is 9.90 Å². The van der Waals surface area contributed by atoms with Gasteiger partial charge in [0.05, 0.1) is 11.8 Å². The van der Waals surface area contributed by atoms with Crippen molar-refractivity contribution in [1.29, 1.82) is 0 Å². The van der Waals surface area contributed by atoms with Crippen LogP contribution in [-0.2, 0) is 0 Å². The normalized spacial score (nSPS) is 11.0. The molecule has 114 valence electrons. The molecule has 0 unspecified atom stereocenters. The highest BCUT2D eigenvalue weighted by Gasteiger charge is 2.12. The van der Waals surface area contributed by atoms with Gasteiger partial charge in [-0.15, -0.1) is 0 Å². The van der Waals surface area contributed by atoms with Crippen molar-refractivity contribution in [3.05, 3.63) is 76.8 Å². The van der Waals surface area contributed by atoms with Gasteiger partial charge in [0.25, 0.3) is 5.91 Å². The topological polar surface area (TPSA) is 61.7 Å². The lowest BCUT2D eigenvalue weighted by Crippen LogP contribution is -2.17. The summed E-state index contributed by atoms with van der Waals surface area (Å²) < 4.78 is 0. The lowest BCUT2D eigenvalue weighted by Gasteiger charge is -2.06. The number of carbonyl (C=O) groups excluding carboxylic acids is 1. The number of nitrogens with zero attached hydrogens (tertiary/aromatic N) is 1. The molecule has 0 spiro atoms. The maximum absolute atomic E-state index is 12.2. The molecule has 0 saturated heterocycles. The Bertz CT molecular complexity index is 906. The minimum atomic E-state index is -0.489. The number of phenols is 1. The van der Waals surface area contributed by atoms with Crippen molar-refractivity contribution >= 4 is 34.5 Å². The third-order valence-corrected chi connectivity index (χ3v) is 3.76. The summed E-state index contributed by atoms with van der Waals surface area (Å²) in [7, 11) is 0. The molecule has 2 N–H and O–H groups in total. The second-order valence-corrected chi connectivity index (χ2v) is 5.31. The molecule has 5 heteroatoms. The van der Waals surface area contributed by atoms with Crippen LogP contribution in [-0.4, -0.2) is 17.2 Å². The van der Waals surface area contributed by atoms with Gasteiger partial charge in [0.15, 0.2) is 0 Å². The van der Waals surface area contributed by atoms with E-state index in [2.05, 4.69) is 10.5 Å². The molecular formula is C18H13ClN2O2. The number of nitrogens with one attached hydrogen (secondary N) is 1. The van der Waals surface area contributed by atoms with Crippen molar-refractivity contribution in [2.24, 2.45) is 5.10 Å². The van der Waals surface area contributed by atoms with Gasteiger partial charge in [0.1, 0.15) is 5.75 Å². The standard InChI is InChI=1S/C18H13ClN2O2/c19-16-8-4-2-6-13(16)11-20-21-18(23)15-10-9-12-5-1-3-7-14(12)17(15)22/h1-11,22H,(H,21,23). The number of hydrogen-bond acceptors (Lipinski definition) is 3. The number of hydrazone groups is 1. The number of benzene rings is 3. The van der Waals surface area contributed by atoms with Gasteiger partial charge in [0.2, 0.25) is 0 Å². The molecule has 0 radical (unpaired) electrons. The quantitative estimate of drug-likeness (QED) is 0.566. The van der Waals surface area contributed by atoms with Crippen LogP contribution in [0.4, 0.5) is 0 Å². The Labute approximate surface area is 138 Å². The minimum Gasteiger partial charge on any atom is -0.506 e. The molecule has 0 aliphatic carbocycles. The van der Waals surface area contributed by atoms with Crippen LogP contribution in [0.5, 0.6) is 5.75 Å². The summed E-state index contributed by atoms with van der Waals surface area (Å²) in [4.78, 5) is 12.2. The molecule has 0 heterocycles. The number of halogens is 1. The number of amides is 1. The predicted octanol–water partition coefficient (Wildman–Crippen LogP) is 3.96.